The van der Waals surface area contributed by atoms with Crippen molar-refractivity contribution in [1.82, 2.24) is 15.2 Å². The van der Waals surface area contributed by atoms with Gasteiger partial charge in [0.25, 0.3) is 0 Å². The molecule has 1 aromatic heterocycles. The fourth-order valence-electron chi connectivity index (χ4n) is 3.35. The molecule has 0 saturated carbocycles. The fourth-order valence-corrected chi connectivity index (χ4v) is 3.35. The second-order valence-electron chi connectivity index (χ2n) is 6.42. The third-order valence-electron chi connectivity index (χ3n) is 4.74. The highest BCUT2D eigenvalue weighted by Gasteiger charge is 2.27. The number of urea groups is 1. The third kappa shape index (κ3) is 3.37. The monoisotopic (exact) mass is 329 g/mol. The molecule has 0 bridgehead atoms. The number of fused-ring (bicyclic) bond motifs is 1. The number of benzene rings is 1. The first kappa shape index (κ1) is 16.4. The molecule has 1 saturated heterocycles. The van der Waals surface area contributed by atoms with Gasteiger partial charge in [-0.1, -0.05) is 18.2 Å². The van der Waals surface area contributed by atoms with Gasteiger partial charge in [-0.2, -0.15) is 0 Å². The van der Waals surface area contributed by atoms with E-state index in [0.717, 1.165) is 18.4 Å². The average Bonchev–Trinajstić information content (AvgIpc) is 2.99. The van der Waals surface area contributed by atoms with E-state index in [1.807, 2.05) is 12.3 Å². The van der Waals surface area contributed by atoms with Crippen LogP contribution in [0.3, 0.4) is 0 Å². The van der Waals surface area contributed by atoms with E-state index in [1.54, 1.807) is 4.90 Å². The summed E-state index contributed by atoms with van der Waals surface area (Å²) in [5.41, 5.74) is 3.52. The van der Waals surface area contributed by atoms with Gasteiger partial charge in [-0.15, -0.1) is 0 Å². The maximum atomic E-state index is 12.2. The van der Waals surface area contributed by atoms with Gasteiger partial charge in [-0.05, 0) is 37.3 Å². The topological polar surface area (TPSA) is 85.4 Å². The first-order valence-electron chi connectivity index (χ1n) is 8.37. The number of likely N-dealkylation sites (tertiary alicyclic amines) is 1. The van der Waals surface area contributed by atoms with Crippen LogP contribution in [0.25, 0.3) is 10.9 Å². The smallest absolute Gasteiger partial charge is 0.317 e. The number of H-pyrrole nitrogens is 1. The van der Waals surface area contributed by atoms with E-state index in [-0.39, 0.29) is 6.03 Å². The molecule has 1 fully saturated rings. The number of carboxylic acid groups (broad SMARTS) is 1. The minimum absolute atomic E-state index is 0.169. The van der Waals surface area contributed by atoms with Gasteiger partial charge in [0.15, 0.2) is 0 Å². The number of carbonyl (C=O) groups excluding carboxylic acids is 1. The number of hydrogen-bond donors (Lipinski definition) is 3. The van der Waals surface area contributed by atoms with Crippen molar-refractivity contribution in [3.05, 3.63) is 35.5 Å². The predicted molar refractivity (Wildman–Crippen MR) is 92.1 cm³/mol. The van der Waals surface area contributed by atoms with E-state index in [9.17, 15) is 9.59 Å². The summed E-state index contributed by atoms with van der Waals surface area (Å²) in [6, 6.07) is 6.02. The molecule has 2 aromatic rings. The number of piperidine rings is 1. The minimum Gasteiger partial charge on any atom is -0.481 e. The van der Waals surface area contributed by atoms with Crippen molar-refractivity contribution in [3.8, 4) is 0 Å². The van der Waals surface area contributed by atoms with Gasteiger partial charge in [-0.3, -0.25) is 4.79 Å². The van der Waals surface area contributed by atoms with Crippen molar-refractivity contribution in [2.75, 3.05) is 19.6 Å². The Bertz CT molecular complexity index is 753. The maximum absolute atomic E-state index is 12.2. The lowest BCUT2D eigenvalue weighted by atomic mass is 9.99. The van der Waals surface area contributed by atoms with E-state index < -0.39 is 11.9 Å². The van der Waals surface area contributed by atoms with Crippen LogP contribution < -0.4 is 5.32 Å². The molecule has 1 aliphatic rings. The summed E-state index contributed by atoms with van der Waals surface area (Å²) in [6.45, 7) is 3.53. The summed E-state index contributed by atoms with van der Waals surface area (Å²) in [5, 5.41) is 13.2. The summed E-state index contributed by atoms with van der Waals surface area (Å²) in [4.78, 5) is 28.2. The van der Waals surface area contributed by atoms with Crippen LogP contribution in [0.2, 0.25) is 0 Å². The van der Waals surface area contributed by atoms with Gasteiger partial charge in [0, 0.05) is 36.7 Å². The highest BCUT2D eigenvalue weighted by molar-refractivity contribution is 5.86. The number of amides is 2. The number of aromatic nitrogens is 1. The number of rotatable bonds is 4. The number of nitrogens with zero attached hydrogens (tertiary/aromatic N) is 1. The Balaban J connectivity index is 1.55. The molecule has 6 heteroatoms. The Hall–Kier alpha value is -2.50. The second-order valence-corrected chi connectivity index (χ2v) is 6.42. The van der Waals surface area contributed by atoms with Crippen molar-refractivity contribution in [2.24, 2.45) is 5.92 Å². The summed E-state index contributed by atoms with van der Waals surface area (Å²) in [6.07, 6.45) is 4.12. The maximum Gasteiger partial charge on any atom is 0.317 e. The lowest BCUT2D eigenvalue weighted by Crippen LogP contribution is -2.47. The Morgan fingerprint density at radius 1 is 1.42 bits per heavy atom. The fraction of sp³-hybridized carbons (Fsp3) is 0.444. The van der Waals surface area contributed by atoms with E-state index in [4.69, 9.17) is 5.11 Å². The van der Waals surface area contributed by atoms with Crippen LogP contribution in [0.15, 0.2) is 24.4 Å². The summed E-state index contributed by atoms with van der Waals surface area (Å²) < 4.78 is 0. The van der Waals surface area contributed by atoms with Crippen LogP contribution >= 0.6 is 0 Å². The predicted octanol–water partition coefficient (Wildman–Crippen LogP) is 2.53. The van der Waals surface area contributed by atoms with Crippen LogP contribution in [-0.4, -0.2) is 46.6 Å². The van der Waals surface area contributed by atoms with Crippen molar-refractivity contribution in [1.29, 1.82) is 0 Å². The normalized spacial score (nSPS) is 17.9. The number of para-hydroxylation sites is 1. The third-order valence-corrected chi connectivity index (χ3v) is 4.74. The Morgan fingerprint density at radius 2 is 2.25 bits per heavy atom. The molecule has 2 amide bonds. The van der Waals surface area contributed by atoms with Crippen LogP contribution in [0.4, 0.5) is 4.79 Å². The number of aliphatic carboxylic acids is 1. The van der Waals surface area contributed by atoms with E-state index >= 15 is 0 Å². The van der Waals surface area contributed by atoms with Crippen LogP contribution in [-0.2, 0) is 11.2 Å². The molecule has 3 N–H and O–H groups in total. The van der Waals surface area contributed by atoms with Crippen LogP contribution in [0.5, 0.6) is 0 Å². The number of aromatic amines is 1. The van der Waals surface area contributed by atoms with Gasteiger partial charge in [-0.25, -0.2) is 4.79 Å². The van der Waals surface area contributed by atoms with Gasteiger partial charge < -0.3 is 20.3 Å². The molecule has 1 atom stereocenters. The number of nitrogens with one attached hydrogen (secondary N) is 2. The number of aryl methyl sites for hydroxylation is 1. The minimum atomic E-state index is -0.818. The van der Waals surface area contributed by atoms with Gasteiger partial charge in [0.2, 0.25) is 0 Å². The highest BCUT2D eigenvalue weighted by atomic mass is 16.4. The summed E-state index contributed by atoms with van der Waals surface area (Å²) in [5.74, 6) is -1.26. The first-order chi connectivity index (χ1) is 11.6. The molecule has 128 valence electrons. The Kier molecular flexibility index (Phi) is 4.74. The van der Waals surface area contributed by atoms with E-state index in [0.29, 0.717) is 26.1 Å². The molecule has 0 spiro atoms. The molecule has 1 aliphatic heterocycles. The lowest BCUT2D eigenvalue weighted by Gasteiger charge is -2.30. The van der Waals surface area contributed by atoms with Crippen LogP contribution in [0.1, 0.15) is 24.0 Å². The lowest BCUT2D eigenvalue weighted by molar-refractivity contribution is -0.143. The van der Waals surface area contributed by atoms with E-state index in [1.165, 1.54) is 16.5 Å². The zero-order chi connectivity index (χ0) is 17.1. The second kappa shape index (κ2) is 6.95. The Labute approximate surface area is 140 Å². The summed E-state index contributed by atoms with van der Waals surface area (Å²) in [7, 11) is 0. The first-order valence-corrected chi connectivity index (χ1v) is 8.37. The van der Waals surface area contributed by atoms with Crippen molar-refractivity contribution < 1.29 is 14.7 Å². The van der Waals surface area contributed by atoms with Crippen molar-refractivity contribution in [3.63, 3.8) is 0 Å². The van der Waals surface area contributed by atoms with Gasteiger partial charge in [0.1, 0.15) is 0 Å². The molecule has 6 nitrogen and oxygen atoms in total. The van der Waals surface area contributed by atoms with E-state index in [2.05, 4.69) is 29.4 Å². The quantitative estimate of drug-likeness (QED) is 0.806. The zero-order valence-corrected chi connectivity index (χ0v) is 13.8. The average molecular weight is 329 g/mol. The van der Waals surface area contributed by atoms with Crippen LogP contribution in [0, 0.1) is 12.8 Å². The molecule has 0 radical (unpaired) electrons. The zero-order valence-electron chi connectivity index (χ0n) is 13.8. The Morgan fingerprint density at radius 3 is 3.04 bits per heavy atom. The molecule has 2 heterocycles. The molecule has 1 aromatic carbocycles. The molecule has 24 heavy (non-hydrogen) atoms. The number of carbonyl (C=O) groups is 2. The van der Waals surface area contributed by atoms with Gasteiger partial charge >= 0.3 is 12.0 Å². The summed E-state index contributed by atoms with van der Waals surface area (Å²) >= 11 is 0. The molecular weight excluding hydrogens is 306 g/mol. The highest BCUT2D eigenvalue weighted by Crippen LogP contribution is 2.21. The number of hydrogen-bond acceptors (Lipinski definition) is 2. The van der Waals surface area contributed by atoms with Gasteiger partial charge in [0.05, 0.1) is 5.92 Å². The SMILES string of the molecule is Cc1cccc2c(CCNC(=O)N3CCCC(C(=O)O)C3)c[nH]c12. The molecule has 0 aliphatic carbocycles. The molecule has 1 unspecified atom stereocenters. The number of carboxylic acids is 1. The van der Waals surface area contributed by atoms with Crippen molar-refractivity contribution >= 4 is 22.9 Å². The largest absolute Gasteiger partial charge is 0.481 e. The molecule has 3 rings (SSSR count). The van der Waals surface area contributed by atoms with Crippen molar-refractivity contribution in [2.45, 2.75) is 26.2 Å². The standard InChI is InChI=1S/C18H23N3O3/c1-12-4-2-6-15-13(10-20-16(12)15)7-8-19-18(24)21-9-3-5-14(11-21)17(22)23/h2,4,6,10,14,20H,3,5,7-9,11H2,1H3,(H,19,24)(H,22,23). The molecular formula is C18H23N3O3.